The Morgan fingerprint density at radius 1 is 1.21 bits per heavy atom. The van der Waals surface area contributed by atoms with Gasteiger partial charge in [-0.15, -0.1) is 0 Å². The minimum Gasteiger partial charge on any atom is -0.348 e. The zero-order valence-electron chi connectivity index (χ0n) is 16.6. The van der Waals surface area contributed by atoms with E-state index in [0.29, 0.717) is 18.1 Å². The summed E-state index contributed by atoms with van der Waals surface area (Å²) in [5, 5.41) is 3.02. The number of carbonyl (C=O) groups excluding carboxylic acids is 2. The number of nitrogens with zero attached hydrogens (tertiary/aromatic N) is 3. The quantitative estimate of drug-likeness (QED) is 0.837. The van der Waals surface area contributed by atoms with Crippen LogP contribution in [0, 0.1) is 0 Å². The maximum absolute atomic E-state index is 13.4. The average molecular weight is 380 g/mol. The summed E-state index contributed by atoms with van der Waals surface area (Å²) in [4.78, 5) is 32.5. The van der Waals surface area contributed by atoms with E-state index in [2.05, 4.69) is 10.3 Å². The van der Waals surface area contributed by atoms with Gasteiger partial charge in [0.05, 0.1) is 5.69 Å². The van der Waals surface area contributed by atoms with Gasteiger partial charge in [-0.25, -0.2) is 4.98 Å². The fraction of sp³-hybridized carbons (Fsp3) is 0.500. The second kappa shape index (κ2) is 7.78. The molecule has 4 rings (SSSR count). The number of rotatable bonds is 6. The Labute approximate surface area is 165 Å². The lowest BCUT2D eigenvalue weighted by atomic mass is 10.1. The molecule has 1 N–H and O–H groups in total. The monoisotopic (exact) mass is 380 g/mol. The summed E-state index contributed by atoms with van der Waals surface area (Å²) in [5.74, 6) is 0.166. The summed E-state index contributed by atoms with van der Waals surface area (Å²) in [5.41, 5.74) is 2.44. The van der Waals surface area contributed by atoms with E-state index < -0.39 is 0 Å². The maximum atomic E-state index is 13.4. The highest BCUT2D eigenvalue weighted by Gasteiger charge is 2.32. The van der Waals surface area contributed by atoms with Gasteiger partial charge >= 0.3 is 0 Å². The van der Waals surface area contributed by atoms with Gasteiger partial charge in [-0.05, 0) is 51.5 Å². The van der Waals surface area contributed by atoms with Crippen LogP contribution in [0.5, 0.6) is 0 Å². The van der Waals surface area contributed by atoms with Crippen LogP contribution < -0.4 is 5.32 Å². The topological polar surface area (TPSA) is 67.2 Å². The molecule has 1 aromatic carbocycles. The summed E-state index contributed by atoms with van der Waals surface area (Å²) >= 11 is 0. The highest BCUT2D eigenvalue weighted by molar-refractivity contribution is 5.97. The second-order valence-corrected chi connectivity index (χ2v) is 8.10. The normalized spacial score (nSPS) is 16.0. The van der Waals surface area contributed by atoms with Crippen molar-refractivity contribution < 1.29 is 9.59 Å². The van der Waals surface area contributed by atoms with E-state index in [0.717, 1.165) is 49.9 Å². The molecule has 2 aromatic rings. The molecule has 1 aromatic heterocycles. The molecule has 1 aliphatic heterocycles. The van der Waals surface area contributed by atoms with E-state index in [4.69, 9.17) is 0 Å². The Hall–Kier alpha value is -2.63. The van der Waals surface area contributed by atoms with Crippen molar-refractivity contribution in [1.82, 2.24) is 19.8 Å². The van der Waals surface area contributed by atoms with Crippen molar-refractivity contribution in [3.8, 4) is 0 Å². The summed E-state index contributed by atoms with van der Waals surface area (Å²) in [6.45, 7) is 5.31. The molecule has 2 amide bonds. The first-order valence-electron chi connectivity index (χ1n) is 10.3. The van der Waals surface area contributed by atoms with Gasteiger partial charge in [0.1, 0.15) is 5.69 Å². The van der Waals surface area contributed by atoms with Gasteiger partial charge in [-0.2, -0.15) is 0 Å². The summed E-state index contributed by atoms with van der Waals surface area (Å²) < 4.78 is 1.98. The second-order valence-electron chi connectivity index (χ2n) is 8.10. The fourth-order valence-corrected chi connectivity index (χ4v) is 3.77. The van der Waals surface area contributed by atoms with Gasteiger partial charge in [-0.1, -0.05) is 30.3 Å². The number of carbonyl (C=O) groups is 2. The molecule has 6 nitrogen and oxygen atoms in total. The number of imidazole rings is 1. The van der Waals surface area contributed by atoms with Crippen molar-refractivity contribution in [3.63, 3.8) is 0 Å². The van der Waals surface area contributed by atoms with Crippen molar-refractivity contribution in [1.29, 1.82) is 0 Å². The van der Waals surface area contributed by atoms with Crippen LogP contribution in [-0.2, 0) is 19.5 Å². The third-order valence-corrected chi connectivity index (χ3v) is 5.52. The standard InChI is InChI=1S/C22H28N4O2/c1-15(2)26(14-16-8-4-3-5-9-16)22(28)20-24-19(21(27)23-17-11-12-17)18-10-6-7-13-25(18)20/h3-5,8-9,15,17H,6-7,10-14H2,1-2H3,(H,23,27). The number of hydrogen-bond acceptors (Lipinski definition) is 3. The maximum Gasteiger partial charge on any atom is 0.290 e. The highest BCUT2D eigenvalue weighted by atomic mass is 16.2. The molecule has 0 bridgehead atoms. The molecule has 28 heavy (non-hydrogen) atoms. The molecule has 2 heterocycles. The average Bonchev–Trinajstić information content (AvgIpc) is 3.43. The minimum atomic E-state index is -0.133. The number of fused-ring (bicyclic) bond motifs is 1. The first-order valence-corrected chi connectivity index (χ1v) is 10.3. The van der Waals surface area contributed by atoms with Crippen LogP contribution in [0.25, 0.3) is 0 Å². The highest BCUT2D eigenvalue weighted by Crippen LogP contribution is 2.25. The molecule has 1 aliphatic carbocycles. The molecule has 1 saturated carbocycles. The lowest BCUT2D eigenvalue weighted by Crippen LogP contribution is -2.38. The summed E-state index contributed by atoms with van der Waals surface area (Å²) in [6.07, 6.45) is 4.90. The van der Waals surface area contributed by atoms with Crippen molar-refractivity contribution in [2.45, 2.75) is 71.1 Å². The van der Waals surface area contributed by atoms with E-state index >= 15 is 0 Å². The molecule has 0 radical (unpaired) electrons. The predicted octanol–water partition coefficient (Wildman–Crippen LogP) is 3.16. The molecule has 0 saturated heterocycles. The van der Waals surface area contributed by atoms with Crippen LogP contribution in [0.3, 0.4) is 0 Å². The lowest BCUT2D eigenvalue weighted by molar-refractivity contribution is 0.0671. The molecular weight excluding hydrogens is 352 g/mol. The molecule has 2 aliphatic rings. The van der Waals surface area contributed by atoms with Gasteiger partial charge in [0.25, 0.3) is 11.8 Å². The zero-order valence-corrected chi connectivity index (χ0v) is 16.6. The predicted molar refractivity (Wildman–Crippen MR) is 107 cm³/mol. The molecule has 1 fully saturated rings. The molecule has 0 atom stereocenters. The molecular formula is C22H28N4O2. The van der Waals surface area contributed by atoms with Crippen LogP contribution in [-0.4, -0.2) is 38.3 Å². The SMILES string of the molecule is CC(C)N(Cc1ccccc1)C(=O)c1nc(C(=O)NC2CC2)c2n1CCCC2. The van der Waals surface area contributed by atoms with E-state index in [1.165, 1.54) is 0 Å². The van der Waals surface area contributed by atoms with Crippen molar-refractivity contribution in [3.05, 3.63) is 53.1 Å². The van der Waals surface area contributed by atoms with Crippen molar-refractivity contribution >= 4 is 11.8 Å². The van der Waals surface area contributed by atoms with E-state index in [-0.39, 0.29) is 23.9 Å². The van der Waals surface area contributed by atoms with E-state index in [1.807, 2.05) is 53.6 Å². The number of aromatic nitrogens is 2. The number of benzene rings is 1. The third kappa shape index (κ3) is 3.81. The van der Waals surface area contributed by atoms with Crippen molar-refractivity contribution in [2.75, 3.05) is 0 Å². The van der Waals surface area contributed by atoms with Crippen LogP contribution in [0.15, 0.2) is 30.3 Å². The number of nitrogens with one attached hydrogen (secondary N) is 1. The Morgan fingerprint density at radius 2 is 1.96 bits per heavy atom. The molecule has 6 heteroatoms. The fourth-order valence-electron chi connectivity index (χ4n) is 3.77. The molecule has 0 unspecified atom stereocenters. The first-order chi connectivity index (χ1) is 13.5. The van der Waals surface area contributed by atoms with E-state index in [1.54, 1.807) is 0 Å². The van der Waals surface area contributed by atoms with Gasteiger partial charge in [-0.3, -0.25) is 9.59 Å². The van der Waals surface area contributed by atoms with Crippen LogP contribution in [0.4, 0.5) is 0 Å². The Morgan fingerprint density at radius 3 is 2.64 bits per heavy atom. The number of hydrogen-bond donors (Lipinski definition) is 1. The van der Waals surface area contributed by atoms with Crippen LogP contribution in [0.2, 0.25) is 0 Å². The van der Waals surface area contributed by atoms with Gasteiger partial charge in [0.2, 0.25) is 0 Å². The van der Waals surface area contributed by atoms with Crippen LogP contribution in [0.1, 0.15) is 71.9 Å². The van der Waals surface area contributed by atoms with Crippen molar-refractivity contribution in [2.24, 2.45) is 0 Å². The van der Waals surface area contributed by atoms with Gasteiger partial charge < -0.3 is 14.8 Å². The van der Waals surface area contributed by atoms with Gasteiger partial charge in [0, 0.05) is 25.2 Å². The van der Waals surface area contributed by atoms with Gasteiger partial charge in [0.15, 0.2) is 5.82 Å². The Balaban J connectivity index is 1.65. The molecule has 0 spiro atoms. The van der Waals surface area contributed by atoms with E-state index in [9.17, 15) is 9.59 Å². The Bertz CT molecular complexity index is 868. The third-order valence-electron chi connectivity index (χ3n) is 5.52. The Kier molecular flexibility index (Phi) is 5.20. The van der Waals surface area contributed by atoms with Crippen LogP contribution >= 0.6 is 0 Å². The number of amides is 2. The summed E-state index contributed by atoms with van der Waals surface area (Å²) in [6, 6.07) is 10.3. The minimum absolute atomic E-state index is 0.0352. The largest absolute Gasteiger partial charge is 0.348 e. The summed E-state index contributed by atoms with van der Waals surface area (Å²) in [7, 11) is 0. The lowest BCUT2D eigenvalue weighted by Gasteiger charge is -2.27. The first kappa shape index (κ1) is 18.7. The smallest absolute Gasteiger partial charge is 0.290 e. The zero-order chi connectivity index (χ0) is 19.7. The molecule has 148 valence electrons.